The Morgan fingerprint density at radius 3 is 2.06 bits per heavy atom. The normalized spacial score (nSPS) is 11.3. The second-order valence-electron chi connectivity index (χ2n) is 11.9. The molecule has 0 fully saturated rings. The average Bonchev–Trinajstić information content (AvgIpc) is 3.82. The first kappa shape index (κ1) is 30.9. The molecule has 0 aliphatic heterocycles. The summed E-state index contributed by atoms with van der Waals surface area (Å²) >= 11 is 5.37. The fraction of sp³-hybridized carbons (Fsp3) is 0.0233. The van der Waals surface area contributed by atoms with Crippen molar-refractivity contribution in [3.63, 3.8) is 0 Å². The Balaban J connectivity index is 0.000000141. The number of aromatic amines is 1. The third kappa shape index (κ3) is 5.09. The van der Waals surface area contributed by atoms with Gasteiger partial charge in [0.15, 0.2) is 0 Å². The zero-order valence-corrected chi connectivity index (χ0v) is 30.3. The van der Waals surface area contributed by atoms with Crippen LogP contribution in [-0.4, -0.2) is 16.6 Å². The van der Waals surface area contributed by atoms with Crippen LogP contribution in [0.1, 0.15) is 0 Å². The number of hydrogen-bond acceptors (Lipinski definition) is 2. The van der Waals surface area contributed by atoms with Crippen LogP contribution in [0.3, 0.4) is 0 Å². The summed E-state index contributed by atoms with van der Waals surface area (Å²) in [6.07, 6.45) is 0. The number of nitrogens with one attached hydrogen (secondary N) is 1. The molecule has 49 heavy (non-hydrogen) atoms. The van der Waals surface area contributed by atoms with Crippen LogP contribution in [0.2, 0.25) is 0 Å². The Hall–Kier alpha value is -5.35. The molecule has 0 bridgehead atoms. The molecule has 10 aromatic rings. The number of nitrogens with zero attached hydrogens (tertiary/aromatic N) is 2. The van der Waals surface area contributed by atoms with Gasteiger partial charge < -0.3 is 31.9 Å². The second kappa shape index (κ2) is 12.6. The molecule has 10 rings (SSSR count). The predicted molar refractivity (Wildman–Crippen MR) is 204 cm³/mol. The van der Waals surface area contributed by atoms with E-state index in [1.54, 1.807) is 7.05 Å². The molecule has 3 aromatic heterocycles. The first-order valence-electron chi connectivity index (χ1n) is 16.0. The van der Waals surface area contributed by atoms with Crippen molar-refractivity contribution >= 4 is 83.9 Å². The molecule has 0 unspecified atom stereocenters. The van der Waals surface area contributed by atoms with Gasteiger partial charge in [0.2, 0.25) is 0 Å². The molecule has 0 radical (unpaired) electrons. The van der Waals surface area contributed by atoms with Crippen LogP contribution in [-0.2, 0) is 33.7 Å². The maximum Gasteiger partial charge on any atom is 2.00 e. The molecule has 6 heteroatoms. The van der Waals surface area contributed by atoms with E-state index in [2.05, 4.69) is 136 Å². The van der Waals surface area contributed by atoms with Crippen molar-refractivity contribution in [2.75, 3.05) is 7.05 Å². The molecule has 0 saturated heterocycles. The zero-order chi connectivity index (χ0) is 32.2. The van der Waals surface area contributed by atoms with Gasteiger partial charge in [-0.25, -0.2) is 0 Å². The third-order valence-electron chi connectivity index (χ3n) is 9.22. The number of para-hydroxylation sites is 3. The molecule has 0 aliphatic rings. The van der Waals surface area contributed by atoms with Crippen LogP contribution in [0, 0.1) is 0 Å². The van der Waals surface area contributed by atoms with Crippen molar-refractivity contribution in [3.8, 4) is 16.8 Å². The summed E-state index contributed by atoms with van der Waals surface area (Å²) in [6, 6.07) is 52.7. The summed E-state index contributed by atoms with van der Waals surface area (Å²) in [7, 11) is 1.77. The molecule has 0 amide bonds. The van der Waals surface area contributed by atoms with Crippen LogP contribution in [0.25, 0.3) is 87.7 Å². The molecule has 4 nitrogen and oxygen atoms in total. The number of rotatable bonds is 3. The standard InChI is InChI=1S/C24H16N2.C19H14NOS.W/c1-2-8-16(9-3-1)26-22-13-7-5-10-17(22)18-14-15-21-23(24(18)26)19-11-4-6-12-20(19)25-21;1-20-19-17(22)10-9-15-18(19)14-8-7-13(11-16(14)21-15)12-5-3-2-4-6-12;/h1-15,25H;2-11,22H,1H3;/q;-1;+2/p-1. The van der Waals surface area contributed by atoms with E-state index >= 15 is 0 Å². The van der Waals surface area contributed by atoms with Gasteiger partial charge in [-0.05, 0) is 59.7 Å². The Bertz CT molecular complexity index is 2780. The first-order valence-corrected chi connectivity index (χ1v) is 16.4. The van der Waals surface area contributed by atoms with Crippen molar-refractivity contribution in [1.82, 2.24) is 9.55 Å². The molecule has 3 heterocycles. The van der Waals surface area contributed by atoms with Gasteiger partial charge in [0.1, 0.15) is 11.2 Å². The Morgan fingerprint density at radius 1 is 0.571 bits per heavy atom. The van der Waals surface area contributed by atoms with Crippen LogP contribution >= 0.6 is 0 Å². The fourth-order valence-electron chi connectivity index (χ4n) is 7.10. The Labute approximate surface area is 303 Å². The topological polar surface area (TPSA) is 48.0 Å². The van der Waals surface area contributed by atoms with E-state index < -0.39 is 0 Å². The van der Waals surface area contributed by atoms with E-state index in [1.807, 2.05) is 30.3 Å². The molecule has 7 aromatic carbocycles. The summed E-state index contributed by atoms with van der Waals surface area (Å²) in [5.41, 5.74) is 10.9. The maximum absolute atomic E-state index is 6.01. The molecule has 0 saturated carbocycles. The van der Waals surface area contributed by atoms with Gasteiger partial charge >= 0.3 is 21.1 Å². The minimum absolute atomic E-state index is 0. The summed E-state index contributed by atoms with van der Waals surface area (Å²) in [6.45, 7) is 0. The fourth-order valence-corrected chi connectivity index (χ4v) is 7.36. The van der Waals surface area contributed by atoms with E-state index in [0.717, 1.165) is 38.1 Å². The number of hydrogen-bond donors (Lipinski definition) is 1. The molecular weight excluding hydrogens is 790 g/mol. The number of fused-ring (bicyclic) bond motifs is 10. The molecule has 0 spiro atoms. The van der Waals surface area contributed by atoms with E-state index in [9.17, 15) is 0 Å². The summed E-state index contributed by atoms with van der Waals surface area (Å²) in [5, 5.41) is 11.5. The molecule has 0 atom stereocenters. The zero-order valence-electron chi connectivity index (χ0n) is 26.6. The first-order chi connectivity index (χ1) is 23.7. The Kier molecular flexibility index (Phi) is 7.95. The minimum atomic E-state index is 0. The van der Waals surface area contributed by atoms with Crippen molar-refractivity contribution in [2.24, 2.45) is 0 Å². The van der Waals surface area contributed by atoms with Gasteiger partial charge in [-0.2, -0.15) is 4.90 Å². The van der Waals surface area contributed by atoms with E-state index in [-0.39, 0.29) is 21.1 Å². The minimum Gasteiger partial charge on any atom is -0.781 e. The van der Waals surface area contributed by atoms with Gasteiger partial charge in [-0.15, -0.1) is 12.7 Å². The van der Waals surface area contributed by atoms with Gasteiger partial charge in [-0.3, -0.25) is 0 Å². The quantitative estimate of drug-likeness (QED) is 0.181. The summed E-state index contributed by atoms with van der Waals surface area (Å²) < 4.78 is 8.40. The third-order valence-corrected chi connectivity index (χ3v) is 9.55. The van der Waals surface area contributed by atoms with Crippen LogP contribution < -0.4 is 0 Å². The molecule has 1 N–H and O–H groups in total. The number of benzene rings is 7. The van der Waals surface area contributed by atoms with E-state index in [4.69, 9.17) is 17.0 Å². The van der Waals surface area contributed by atoms with Crippen molar-refractivity contribution < 1.29 is 25.5 Å². The van der Waals surface area contributed by atoms with Crippen molar-refractivity contribution in [3.05, 3.63) is 157 Å². The number of furan rings is 1. The smallest absolute Gasteiger partial charge is 0.781 e. The maximum atomic E-state index is 6.01. The average molecular weight is 820 g/mol. The van der Waals surface area contributed by atoms with E-state index in [1.165, 1.54) is 54.9 Å². The predicted octanol–water partition coefficient (Wildman–Crippen LogP) is 12.2. The molecule has 234 valence electrons. The van der Waals surface area contributed by atoms with Crippen LogP contribution in [0.4, 0.5) is 5.69 Å². The molecule has 0 aliphatic carbocycles. The van der Waals surface area contributed by atoms with Crippen LogP contribution in [0.15, 0.2) is 161 Å². The van der Waals surface area contributed by atoms with Gasteiger partial charge in [0.05, 0.1) is 11.0 Å². The molecular formula is C43H29N3OSW. The van der Waals surface area contributed by atoms with Crippen molar-refractivity contribution in [1.29, 1.82) is 0 Å². The monoisotopic (exact) mass is 819 g/mol. The number of aromatic nitrogens is 2. The Morgan fingerprint density at radius 2 is 1.27 bits per heavy atom. The SMILES string of the molecule is C[N-]c1c([S-])ccc2oc3cc(-c4ccccc4)ccc3c12.[W+2].c1ccc(-n2c3ccccc3c3ccc4[nH]c5ccccc5c4c32)cc1. The van der Waals surface area contributed by atoms with Gasteiger partial charge in [0, 0.05) is 49.0 Å². The second-order valence-corrected chi connectivity index (χ2v) is 12.4. The number of H-pyrrole nitrogens is 1. The summed E-state index contributed by atoms with van der Waals surface area (Å²) in [4.78, 5) is 4.33. The van der Waals surface area contributed by atoms with Gasteiger partial charge in [-0.1, -0.05) is 103 Å². The van der Waals surface area contributed by atoms with Crippen LogP contribution in [0.5, 0.6) is 0 Å². The summed E-state index contributed by atoms with van der Waals surface area (Å²) in [5.74, 6) is 0. The largest absolute Gasteiger partial charge is 2.00 e. The van der Waals surface area contributed by atoms with Crippen molar-refractivity contribution in [2.45, 2.75) is 4.90 Å². The van der Waals surface area contributed by atoms with E-state index in [0.29, 0.717) is 0 Å². The van der Waals surface area contributed by atoms with Gasteiger partial charge in [0.25, 0.3) is 0 Å².